The molecule has 1 aliphatic rings. The molecule has 0 spiro atoms. The van der Waals surface area contributed by atoms with Crippen LogP contribution < -0.4 is 22.1 Å². The highest BCUT2D eigenvalue weighted by Crippen LogP contribution is 2.26. The average molecular weight is 436 g/mol. The molecule has 1 saturated heterocycles. The van der Waals surface area contributed by atoms with Gasteiger partial charge >= 0.3 is 5.69 Å². The first-order chi connectivity index (χ1) is 13.9. The number of amides is 1. The van der Waals surface area contributed by atoms with Crippen molar-refractivity contribution in [1.29, 1.82) is 0 Å². The molecule has 1 fully saturated rings. The Morgan fingerprint density at radius 2 is 2.07 bits per heavy atom. The van der Waals surface area contributed by atoms with Crippen molar-refractivity contribution in [1.82, 2.24) is 24.8 Å². The van der Waals surface area contributed by atoms with Crippen LogP contribution in [-0.2, 0) is 6.54 Å². The molecule has 152 valence electrons. The molecular weight excluding hydrogens is 417 g/mol. The van der Waals surface area contributed by atoms with Crippen LogP contribution in [0, 0.1) is 5.92 Å². The fraction of sp³-hybridized carbons (Fsp3) is 0.333. The summed E-state index contributed by atoms with van der Waals surface area (Å²) in [4.78, 5) is 35.8. The molecule has 1 amide bonds. The van der Waals surface area contributed by atoms with Gasteiger partial charge in [0.25, 0.3) is 5.91 Å². The van der Waals surface area contributed by atoms with Gasteiger partial charge in [-0.3, -0.25) is 9.36 Å². The minimum Gasteiger partial charge on any atom is -0.364 e. The van der Waals surface area contributed by atoms with Gasteiger partial charge in [0.05, 0.1) is 6.54 Å². The highest BCUT2D eigenvalue weighted by Gasteiger charge is 2.21. The SMILES string of the molecule is NC(=O)c1nc(NC[C@@H]2CCNC2)nc2c1[nH]c(=O)n2Cc1c(Cl)cccc1Cl. The molecule has 11 heteroatoms. The van der Waals surface area contributed by atoms with E-state index in [0.717, 1.165) is 19.5 Å². The maximum absolute atomic E-state index is 12.6. The summed E-state index contributed by atoms with van der Waals surface area (Å²) in [6.45, 7) is 2.59. The van der Waals surface area contributed by atoms with Gasteiger partial charge in [0.1, 0.15) is 5.52 Å². The normalized spacial score (nSPS) is 16.4. The number of fused-ring (bicyclic) bond motifs is 1. The number of carbonyl (C=O) groups is 1. The Labute approximate surface area is 175 Å². The van der Waals surface area contributed by atoms with Gasteiger partial charge < -0.3 is 21.4 Å². The number of primary amides is 1. The number of aromatic amines is 1. The number of imidazole rings is 1. The fourth-order valence-corrected chi connectivity index (χ4v) is 3.92. The van der Waals surface area contributed by atoms with Crippen molar-refractivity contribution in [3.05, 3.63) is 50.0 Å². The molecule has 29 heavy (non-hydrogen) atoms. The van der Waals surface area contributed by atoms with E-state index in [2.05, 4.69) is 25.6 Å². The maximum Gasteiger partial charge on any atom is 0.328 e. The average Bonchev–Trinajstić information content (AvgIpc) is 3.30. The Bertz CT molecular complexity index is 1110. The highest BCUT2D eigenvalue weighted by molar-refractivity contribution is 6.36. The van der Waals surface area contributed by atoms with Gasteiger partial charge in [0, 0.05) is 22.2 Å². The van der Waals surface area contributed by atoms with Gasteiger partial charge in [-0.15, -0.1) is 0 Å². The van der Waals surface area contributed by atoms with Crippen LogP contribution in [0.5, 0.6) is 0 Å². The molecule has 0 radical (unpaired) electrons. The second-order valence-corrected chi connectivity index (χ2v) is 7.73. The van der Waals surface area contributed by atoms with Gasteiger partial charge in [0.2, 0.25) is 5.95 Å². The van der Waals surface area contributed by atoms with Crippen molar-refractivity contribution in [3.63, 3.8) is 0 Å². The van der Waals surface area contributed by atoms with Crippen molar-refractivity contribution in [2.75, 3.05) is 25.0 Å². The number of hydrogen-bond acceptors (Lipinski definition) is 6. The van der Waals surface area contributed by atoms with Crippen molar-refractivity contribution in [2.45, 2.75) is 13.0 Å². The summed E-state index contributed by atoms with van der Waals surface area (Å²) in [5, 5.41) is 7.29. The molecule has 0 aliphatic carbocycles. The number of rotatable bonds is 6. The van der Waals surface area contributed by atoms with E-state index in [0.29, 0.717) is 28.1 Å². The third-order valence-corrected chi connectivity index (χ3v) is 5.65. The topological polar surface area (TPSA) is 131 Å². The fourth-order valence-electron chi connectivity index (χ4n) is 3.40. The number of nitrogens with two attached hydrogens (primary N) is 1. The number of H-pyrrole nitrogens is 1. The van der Waals surface area contributed by atoms with E-state index in [4.69, 9.17) is 28.9 Å². The predicted molar refractivity (Wildman–Crippen MR) is 112 cm³/mol. The lowest BCUT2D eigenvalue weighted by molar-refractivity contribution is 0.0997. The van der Waals surface area contributed by atoms with E-state index in [9.17, 15) is 9.59 Å². The molecule has 3 aromatic rings. The number of carbonyl (C=O) groups excluding carboxylic acids is 1. The number of benzene rings is 1. The van der Waals surface area contributed by atoms with E-state index in [1.54, 1.807) is 18.2 Å². The van der Waals surface area contributed by atoms with E-state index in [1.165, 1.54) is 4.57 Å². The lowest BCUT2D eigenvalue weighted by Crippen LogP contribution is -2.21. The predicted octanol–water partition coefficient (Wildman–Crippen LogP) is 1.59. The Balaban J connectivity index is 1.77. The zero-order valence-corrected chi connectivity index (χ0v) is 16.8. The van der Waals surface area contributed by atoms with Crippen LogP contribution in [0.25, 0.3) is 11.2 Å². The van der Waals surface area contributed by atoms with Crippen molar-refractivity contribution < 1.29 is 4.79 Å². The molecule has 9 nitrogen and oxygen atoms in total. The third kappa shape index (κ3) is 3.93. The van der Waals surface area contributed by atoms with E-state index in [1.807, 2.05) is 0 Å². The van der Waals surface area contributed by atoms with Crippen LogP contribution in [0.2, 0.25) is 10.0 Å². The van der Waals surface area contributed by atoms with Crippen molar-refractivity contribution in [2.24, 2.45) is 11.7 Å². The number of halogens is 2. The van der Waals surface area contributed by atoms with Gasteiger partial charge in [-0.2, -0.15) is 4.98 Å². The first kappa shape index (κ1) is 19.7. The smallest absolute Gasteiger partial charge is 0.328 e. The summed E-state index contributed by atoms with van der Waals surface area (Å²) >= 11 is 12.5. The number of nitrogens with zero attached hydrogens (tertiary/aromatic N) is 3. The quantitative estimate of drug-likeness (QED) is 0.464. The zero-order chi connectivity index (χ0) is 20.5. The van der Waals surface area contributed by atoms with Crippen LogP contribution in [-0.4, -0.2) is 45.1 Å². The molecule has 4 rings (SSSR count). The summed E-state index contributed by atoms with van der Waals surface area (Å²) in [7, 11) is 0. The second-order valence-electron chi connectivity index (χ2n) is 6.91. The first-order valence-corrected chi connectivity index (χ1v) is 9.87. The maximum atomic E-state index is 12.6. The largest absolute Gasteiger partial charge is 0.364 e. The van der Waals surface area contributed by atoms with Gasteiger partial charge in [0.15, 0.2) is 11.3 Å². The Kier molecular flexibility index (Phi) is 5.44. The number of hydrogen-bond donors (Lipinski definition) is 4. The molecule has 0 saturated carbocycles. The van der Waals surface area contributed by atoms with Crippen LogP contribution in [0.3, 0.4) is 0 Å². The lowest BCUT2D eigenvalue weighted by atomic mass is 10.1. The molecule has 1 aliphatic heterocycles. The third-order valence-electron chi connectivity index (χ3n) is 4.95. The number of nitrogens with one attached hydrogen (secondary N) is 3. The minimum absolute atomic E-state index is 0.0526. The molecule has 0 bridgehead atoms. The standard InChI is InChI=1S/C18H19Cl2N7O2/c19-11-2-1-3-12(20)10(11)8-27-16-14(25-18(27)29)13(15(21)28)24-17(26-16)23-7-9-4-5-22-6-9/h1-3,9,22H,4-8H2,(H2,21,28)(H,25,29)(H,23,24,26)/t9-/m1/s1. The molecule has 0 unspecified atom stereocenters. The highest BCUT2D eigenvalue weighted by atomic mass is 35.5. The molecular formula is C18H19Cl2N7O2. The van der Waals surface area contributed by atoms with Crippen LogP contribution >= 0.6 is 23.2 Å². The number of aromatic nitrogens is 4. The molecule has 3 heterocycles. The van der Waals surface area contributed by atoms with E-state index >= 15 is 0 Å². The van der Waals surface area contributed by atoms with Crippen LogP contribution in [0.4, 0.5) is 5.95 Å². The van der Waals surface area contributed by atoms with E-state index in [-0.39, 0.29) is 29.4 Å². The lowest BCUT2D eigenvalue weighted by Gasteiger charge is -2.12. The molecule has 5 N–H and O–H groups in total. The summed E-state index contributed by atoms with van der Waals surface area (Å²) in [5.74, 6) is -0.0926. The monoisotopic (exact) mass is 435 g/mol. The molecule has 1 aromatic carbocycles. The summed E-state index contributed by atoms with van der Waals surface area (Å²) in [5.41, 5.74) is 5.97. The summed E-state index contributed by atoms with van der Waals surface area (Å²) < 4.78 is 1.36. The van der Waals surface area contributed by atoms with Crippen molar-refractivity contribution >= 4 is 46.2 Å². The zero-order valence-electron chi connectivity index (χ0n) is 15.3. The van der Waals surface area contributed by atoms with Crippen LogP contribution in [0.15, 0.2) is 23.0 Å². The van der Waals surface area contributed by atoms with Crippen molar-refractivity contribution in [3.8, 4) is 0 Å². The molecule has 1 atom stereocenters. The first-order valence-electron chi connectivity index (χ1n) is 9.12. The summed E-state index contributed by atoms with van der Waals surface area (Å²) in [6, 6.07) is 5.10. The van der Waals surface area contributed by atoms with Gasteiger partial charge in [-0.1, -0.05) is 29.3 Å². The Hall–Kier alpha value is -2.62. The molecule has 2 aromatic heterocycles. The van der Waals surface area contributed by atoms with Crippen LogP contribution in [0.1, 0.15) is 22.5 Å². The minimum atomic E-state index is -0.757. The Morgan fingerprint density at radius 3 is 2.72 bits per heavy atom. The Morgan fingerprint density at radius 1 is 1.31 bits per heavy atom. The number of anilines is 1. The van der Waals surface area contributed by atoms with E-state index < -0.39 is 11.6 Å². The van der Waals surface area contributed by atoms with Gasteiger partial charge in [-0.05, 0) is 37.6 Å². The summed E-state index contributed by atoms with van der Waals surface area (Å²) in [6.07, 6.45) is 1.04. The second kappa shape index (κ2) is 8.02. The van der Waals surface area contributed by atoms with Gasteiger partial charge in [-0.25, -0.2) is 9.78 Å².